The number of fused-ring (bicyclic) bond motifs is 3. The second-order valence-corrected chi connectivity index (χ2v) is 7.63. The largest absolute Gasteiger partial charge is 0.326 e. The first-order chi connectivity index (χ1) is 16.0. The van der Waals surface area contributed by atoms with Crippen LogP contribution in [0.2, 0.25) is 0 Å². The number of carbonyl (C=O) groups is 2. The third-order valence-corrected chi connectivity index (χ3v) is 5.46. The third-order valence-electron chi connectivity index (χ3n) is 5.46. The molecule has 1 aliphatic rings. The van der Waals surface area contributed by atoms with E-state index >= 15 is 0 Å². The minimum Gasteiger partial charge on any atom is -0.326 e. The summed E-state index contributed by atoms with van der Waals surface area (Å²) in [7, 11) is 0. The lowest BCUT2D eigenvalue weighted by atomic mass is 10.1. The van der Waals surface area contributed by atoms with E-state index in [4.69, 9.17) is 0 Å². The van der Waals surface area contributed by atoms with Crippen LogP contribution in [0.4, 0.5) is 17.3 Å². The van der Waals surface area contributed by atoms with Crippen LogP contribution in [-0.4, -0.2) is 31.3 Å². The number of pyridine rings is 1. The van der Waals surface area contributed by atoms with Crippen molar-refractivity contribution in [3.05, 3.63) is 88.7 Å². The third kappa shape index (κ3) is 3.78. The normalized spacial score (nSPS) is 15.0. The van der Waals surface area contributed by atoms with Crippen LogP contribution in [0.1, 0.15) is 18.0 Å². The molecular formula is C23H18N6O4. The van der Waals surface area contributed by atoms with Crippen molar-refractivity contribution in [1.82, 2.24) is 14.5 Å². The summed E-state index contributed by atoms with van der Waals surface area (Å²) in [6.07, 6.45) is 3.20. The van der Waals surface area contributed by atoms with Gasteiger partial charge in [-0.15, -0.1) is 0 Å². The molecule has 0 aliphatic carbocycles. The Balaban J connectivity index is 1.45. The van der Waals surface area contributed by atoms with E-state index in [2.05, 4.69) is 15.3 Å². The van der Waals surface area contributed by atoms with Gasteiger partial charge in [0.15, 0.2) is 0 Å². The smallest absolute Gasteiger partial charge is 0.271 e. The van der Waals surface area contributed by atoms with E-state index in [0.717, 1.165) is 16.6 Å². The van der Waals surface area contributed by atoms with Crippen LogP contribution < -0.4 is 10.2 Å². The molecule has 1 N–H and O–H groups in total. The summed E-state index contributed by atoms with van der Waals surface area (Å²) in [5, 5.41) is 13.7. The van der Waals surface area contributed by atoms with E-state index in [1.54, 1.807) is 34.0 Å². The molecule has 10 heteroatoms. The number of carbonyl (C=O) groups excluding carboxylic acids is 2. The lowest BCUT2D eigenvalue weighted by Gasteiger charge is -2.16. The number of non-ortho nitro benzene ring substituents is 1. The van der Waals surface area contributed by atoms with Gasteiger partial charge in [0, 0.05) is 30.2 Å². The topological polar surface area (TPSA) is 123 Å². The zero-order valence-electron chi connectivity index (χ0n) is 17.3. The molecule has 3 heterocycles. The van der Waals surface area contributed by atoms with E-state index < -0.39 is 16.9 Å². The number of amides is 2. The number of hydrogen-bond acceptors (Lipinski definition) is 6. The van der Waals surface area contributed by atoms with E-state index in [-0.39, 0.29) is 24.6 Å². The average molecular weight is 442 g/mol. The van der Waals surface area contributed by atoms with Crippen LogP contribution in [0, 0.1) is 10.1 Å². The molecule has 2 aromatic carbocycles. The SMILES string of the molecule is O=C(C[C@@H]1C(=O)N(Cc2cccnc2)c2nc3ccccc3n21)Nc1cccc([N+](=O)[O-])c1. The maximum absolute atomic E-state index is 13.4. The number of nitro groups is 1. The summed E-state index contributed by atoms with van der Waals surface area (Å²) >= 11 is 0. The van der Waals surface area contributed by atoms with Crippen LogP contribution in [0.3, 0.4) is 0 Å². The zero-order valence-corrected chi connectivity index (χ0v) is 17.3. The highest BCUT2D eigenvalue weighted by atomic mass is 16.6. The number of rotatable bonds is 6. The average Bonchev–Trinajstić information content (AvgIpc) is 3.30. The maximum atomic E-state index is 13.4. The van der Waals surface area contributed by atoms with Gasteiger partial charge >= 0.3 is 0 Å². The number of imidazole rings is 1. The number of anilines is 2. The van der Waals surface area contributed by atoms with Crippen molar-refractivity contribution in [2.75, 3.05) is 10.2 Å². The van der Waals surface area contributed by atoms with Crippen LogP contribution >= 0.6 is 0 Å². The number of hydrogen-bond donors (Lipinski definition) is 1. The van der Waals surface area contributed by atoms with E-state index in [9.17, 15) is 19.7 Å². The van der Waals surface area contributed by atoms with Gasteiger partial charge in [0.1, 0.15) is 6.04 Å². The van der Waals surface area contributed by atoms with Gasteiger partial charge in [0.05, 0.1) is 28.9 Å². The quantitative estimate of drug-likeness (QED) is 0.360. The minimum absolute atomic E-state index is 0.129. The lowest BCUT2D eigenvalue weighted by molar-refractivity contribution is -0.384. The summed E-state index contributed by atoms with van der Waals surface area (Å²) in [6, 6.07) is 16.0. The molecule has 164 valence electrons. The molecule has 0 bridgehead atoms. The van der Waals surface area contributed by atoms with Gasteiger partial charge in [0.2, 0.25) is 11.9 Å². The Hall–Kier alpha value is -4.60. The second-order valence-electron chi connectivity index (χ2n) is 7.63. The number of benzene rings is 2. The van der Waals surface area contributed by atoms with Crippen LogP contribution in [-0.2, 0) is 16.1 Å². The Labute approximate surface area is 187 Å². The molecule has 33 heavy (non-hydrogen) atoms. The van der Waals surface area contributed by atoms with E-state index in [1.807, 2.05) is 30.3 Å². The Morgan fingerprint density at radius 2 is 1.97 bits per heavy atom. The minimum atomic E-state index is -0.789. The van der Waals surface area contributed by atoms with Gasteiger partial charge in [0.25, 0.3) is 11.6 Å². The highest BCUT2D eigenvalue weighted by Gasteiger charge is 2.40. The van der Waals surface area contributed by atoms with Crippen LogP contribution in [0.5, 0.6) is 0 Å². The molecule has 2 amide bonds. The van der Waals surface area contributed by atoms with Crippen LogP contribution in [0.25, 0.3) is 11.0 Å². The van der Waals surface area contributed by atoms with Crippen molar-refractivity contribution in [1.29, 1.82) is 0 Å². The highest BCUT2D eigenvalue weighted by Crippen LogP contribution is 2.37. The molecule has 0 radical (unpaired) electrons. The summed E-state index contributed by atoms with van der Waals surface area (Å²) in [6.45, 7) is 0.277. The van der Waals surface area contributed by atoms with Crippen molar-refractivity contribution >= 4 is 40.2 Å². The zero-order chi connectivity index (χ0) is 22.9. The first-order valence-corrected chi connectivity index (χ1v) is 10.2. The summed E-state index contributed by atoms with van der Waals surface area (Å²) < 4.78 is 1.78. The monoisotopic (exact) mass is 442 g/mol. The molecule has 0 saturated carbocycles. The molecule has 1 atom stereocenters. The van der Waals surface area contributed by atoms with E-state index in [1.165, 1.54) is 18.2 Å². The maximum Gasteiger partial charge on any atom is 0.271 e. The molecule has 4 aromatic rings. The standard InChI is InChI=1S/C23H18N6O4/c30-21(25-16-6-3-7-17(11-16)29(32)33)12-20-22(31)27(14-15-5-4-10-24-13-15)23-26-18-8-1-2-9-19(18)28(20)23/h1-11,13,20H,12,14H2,(H,25,30)/t20-/m1/s1. The van der Waals surface area contributed by atoms with Gasteiger partial charge in [-0.25, -0.2) is 4.98 Å². The number of para-hydroxylation sites is 2. The van der Waals surface area contributed by atoms with Gasteiger partial charge in [-0.1, -0.05) is 24.3 Å². The highest BCUT2D eigenvalue weighted by molar-refractivity contribution is 6.05. The van der Waals surface area contributed by atoms with Crippen molar-refractivity contribution in [3.8, 4) is 0 Å². The Kier molecular flexibility index (Phi) is 5.02. The Bertz CT molecular complexity index is 1380. The van der Waals surface area contributed by atoms with Gasteiger partial charge < -0.3 is 5.32 Å². The first kappa shape index (κ1) is 20.3. The van der Waals surface area contributed by atoms with Crippen molar-refractivity contribution < 1.29 is 14.5 Å². The Morgan fingerprint density at radius 3 is 2.76 bits per heavy atom. The number of nitrogens with zero attached hydrogens (tertiary/aromatic N) is 5. The molecular weight excluding hydrogens is 424 g/mol. The van der Waals surface area contributed by atoms with Crippen molar-refractivity contribution in [2.45, 2.75) is 19.0 Å². The van der Waals surface area contributed by atoms with Crippen molar-refractivity contribution in [2.24, 2.45) is 0 Å². The first-order valence-electron chi connectivity index (χ1n) is 10.2. The molecule has 5 rings (SSSR count). The van der Waals surface area contributed by atoms with Crippen LogP contribution in [0.15, 0.2) is 73.1 Å². The van der Waals surface area contributed by atoms with Gasteiger partial charge in [-0.05, 0) is 29.8 Å². The molecule has 10 nitrogen and oxygen atoms in total. The summed E-state index contributed by atoms with van der Waals surface area (Å²) in [5.74, 6) is -0.208. The fourth-order valence-corrected chi connectivity index (χ4v) is 4.00. The predicted molar refractivity (Wildman–Crippen MR) is 121 cm³/mol. The predicted octanol–water partition coefficient (Wildman–Crippen LogP) is 3.46. The summed E-state index contributed by atoms with van der Waals surface area (Å²) in [4.78, 5) is 47.0. The second kappa shape index (κ2) is 8.15. The fraction of sp³-hybridized carbons (Fsp3) is 0.130. The molecule has 0 spiro atoms. The molecule has 0 unspecified atom stereocenters. The number of nitrogens with one attached hydrogen (secondary N) is 1. The number of aromatic nitrogens is 3. The van der Waals surface area contributed by atoms with Gasteiger partial charge in [-0.2, -0.15) is 0 Å². The lowest BCUT2D eigenvalue weighted by Crippen LogP contribution is -2.31. The molecule has 0 saturated heterocycles. The fourth-order valence-electron chi connectivity index (χ4n) is 4.00. The molecule has 0 fully saturated rings. The van der Waals surface area contributed by atoms with E-state index in [0.29, 0.717) is 11.6 Å². The van der Waals surface area contributed by atoms with Gasteiger partial charge in [-0.3, -0.25) is 34.2 Å². The Morgan fingerprint density at radius 1 is 1.12 bits per heavy atom. The molecule has 1 aliphatic heterocycles. The van der Waals surface area contributed by atoms with Crippen molar-refractivity contribution in [3.63, 3.8) is 0 Å². The molecule has 2 aromatic heterocycles. The summed E-state index contributed by atoms with van der Waals surface area (Å²) in [5.41, 5.74) is 2.48. The number of nitro benzene ring substituents is 1.